The molecule has 0 radical (unpaired) electrons. The molecule has 0 bridgehead atoms. The molecule has 2 heterocycles. The summed E-state index contributed by atoms with van der Waals surface area (Å²) in [6.45, 7) is 0. The largest absolute Gasteiger partial charge is 0.399 e. The third-order valence-electron chi connectivity index (χ3n) is 7.66. The molecule has 11 heteroatoms. The van der Waals surface area contributed by atoms with Gasteiger partial charge in [0.2, 0.25) is 0 Å². The Morgan fingerprint density at radius 2 is 1.20 bits per heavy atom. The first kappa shape index (κ1) is 23.0. The van der Waals surface area contributed by atoms with Crippen LogP contribution in [0.25, 0.3) is 0 Å². The SMILES string of the molecule is CN1C(=O)NC(=O)[C@@]12Cc1cc(N)c(Cl)cc1C2.CN1C(=O)NC(=O)[C@]12Cc1ccc(N)cc1C2. The predicted octanol–water partition coefficient (Wildman–Crippen LogP) is 1.23. The average molecular weight is 497 g/mol. The quantitative estimate of drug-likeness (QED) is 0.318. The van der Waals surface area contributed by atoms with Crippen molar-refractivity contribution in [1.82, 2.24) is 20.4 Å². The van der Waals surface area contributed by atoms with E-state index in [1.54, 1.807) is 26.2 Å². The van der Waals surface area contributed by atoms with Gasteiger partial charge in [0.15, 0.2) is 0 Å². The number of likely N-dealkylation sites (N-methyl/N-ethyl adjacent to an activating group) is 2. The molecule has 10 nitrogen and oxygen atoms in total. The first-order valence-electron chi connectivity index (χ1n) is 11.1. The third-order valence-corrected chi connectivity index (χ3v) is 7.99. The number of nitrogens with zero attached hydrogens (tertiary/aromatic N) is 2. The first-order chi connectivity index (χ1) is 16.5. The molecule has 2 aliphatic heterocycles. The number of halogens is 1. The molecular formula is C24H25ClN6O4. The molecule has 6 N–H and O–H groups in total. The Balaban J connectivity index is 0.000000145. The molecular weight excluding hydrogens is 472 g/mol. The number of anilines is 2. The Labute approximate surface area is 206 Å². The minimum atomic E-state index is -0.809. The van der Waals surface area contributed by atoms with Crippen molar-refractivity contribution < 1.29 is 19.2 Å². The van der Waals surface area contributed by atoms with Crippen molar-refractivity contribution in [2.75, 3.05) is 25.6 Å². The number of carbonyl (C=O) groups excluding carboxylic acids is 4. The second-order valence-corrected chi connectivity index (χ2v) is 9.98. The van der Waals surface area contributed by atoms with Gasteiger partial charge >= 0.3 is 12.1 Å². The molecule has 6 amide bonds. The van der Waals surface area contributed by atoms with Crippen molar-refractivity contribution in [3.05, 3.63) is 57.6 Å². The van der Waals surface area contributed by atoms with Crippen LogP contribution in [0.4, 0.5) is 21.0 Å². The second kappa shape index (κ2) is 7.61. The van der Waals surface area contributed by atoms with E-state index in [2.05, 4.69) is 10.6 Å². The highest BCUT2D eigenvalue weighted by Crippen LogP contribution is 2.40. The van der Waals surface area contributed by atoms with Gasteiger partial charge in [0.1, 0.15) is 11.1 Å². The van der Waals surface area contributed by atoms with Gasteiger partial charge in [0, 0.05) is 45.5 Å². The Kier molecular flexibility index (Phi) is 4.99. The van der Waals surface area contributed by atoms with E-state index in [4.69, 9.17) is 23.1 Å². The number of nitrogens with one attached hydrogen (secondary N) is 2. The highest BCUT2D eigenvalue weighted by molar-refractivity contribution is 6.33. The summed E-state index contributed by atoms with van der Waals surface area (Å²) in [6.07, 6.45) is 2.08. The lowest BCUT2D eigenvalue weighted by molar-refractivity contribution is -0.126. The van der Waals surface area contributed by atoms with Crippen LogP contribution in [0, 0.1) is 0 Å². The first-order valence-corrected chi connectivity index (χ1v) is 11.5. The van der Waals surface area contributed by atoms with Crippen LogP contribution in [0.1, 0.15) is 22.3 Å². The van der Waals surface area contributed by atoms with Crippen molar-refractivity contribution in [3.63, 3.8) is 0 Å². The minimum Gasteiger partial charge on any atom is -0.399 e. The van der Waals surface area contributed by atoms with Crippen LogP contribution in [-0.4, -0.2) is 58.8 Å². The fourth-order valence-corrected chi connectivity index (χ4v) is 5.65. The number of rotatable bonds is 0. The van der Waals surface area contributed by atoms with Gasteiger partial charge in [-0.2, -0.15) is 0 Å². The summed E-state index contributed by atoms with van der Waals surface area (Å²) < 4.78 is 0. The fraction of sp³-hybridized carbons (Fsp3) is 0.333. The van der Waals surface area contributed by atoms with Crippen molar-refractivity contribution in [2.45, 2.75) is 36.8 Å². The third kappa shape index (κ3) is 3.31. The zero-order valence-corrected chi connectivity index (χ0v) is 20.0. The van der Waals surface area contributed by atoms with Crippen molar-refractivity contribution >= 4 is 46.9 Å². The summed E-state index contributed by atoms with van der Waals surface area (Å²) in [6, 6.07) is 8.54. The molecule has 0 aromatic heterocycles. The molecule has 182 valence electrons. The Bertz CT molecular complexity index is 1300. The molecule has 2 saturated heterocycles. The normalized spacial score (nSPS) is 26.1. The lowest BCUT2D eigenvalue weighted by Crippen LogP contribution is -2.48. The summed E-state index contributed by atoms with van der Waals surface area (Å²) in [5.74, 6) is -0.458. The summed E-state index contributed by atoms with van der Waals surface area (Å²) in [5.41, 5.74) is 15.2. The Morgan fingerprint density at radius 3 is 1.69 bits per heavy atom. The zero-order chi connectivity index (χ0) is 25.3. The van der Waals surface area contributed by atoms with Gasteiger partial charge in [-0.1, -0.05) is 17.7 Å². The van der Waals surface area contributed by atoms with Crippen molar-refractivity contribution in [1.29, 1.82) is 0 Å². The molecule has 0 saturated carbocycles. The number of nitrogen functional groups attached to an aromatic ring is 2. The van der Waals surface area contributed by atoms with Gasteiger partial charge in [-0.15, -0.1) is 0 Å². The van der Waals surface area contributed by atoms with Gasteiger partial charge in [-0.05, 0) is 46.5 Å². The molecule has 35 heavy (non-hydrogen) atoms. The van der Waals surface area contributed by atoms with Crippen LogP contribution < -0.4 is 22.1 Å². The van der Waals surface area contributed by atoms with E-state index in [1.807, 2.05) is 18.2 Å². The van der Waals surface area contributed by atoms with Crippen LogP contribution in [0.3, 0.4) is 0 Å². The van der Waals surface area contributed by atoms with Crippen LogP contribution in [0.15, 0.2) is 30.3 Å². The van der Waals surface area contributed by atoms with E-state index >= 15 is 0 Å². The molecule has 0 unspecified atom stereocenters. The molecule has 2 aromatic carbocycles. The van der Waals surface area contributed by atoms with Crippen molar-refractivity contribution in [3.8, 4) is 0 Å². The van der Waals surface area contributed by atoms with E-state index < -0.39 is 11.1 Å². The second-order valence-electron chi connectivity index (χ2n) is 9.58. The van der Waals surface area contributed by atoms with Gasteiger partial charge in [0.25, 0.3) is 11.8 Å². The molecule has 2 fully saturated rings. The number of benzene rings is 2. The predicted molar refractivity (Wildman–Crippen MR) is 130 cm³/mol. The van der Waals surface area contributed by atoms with E-state index in [0.717, 1.165) is 22.3 Å². The summed E-state index contributed by atoms with van der Waals surface area (Å²) in [7, 11) is 3.30. The number of fused-ring (bicyclic) bond motifs is 2. The highest BCUT2D eigenvalue weighted by Gasteiger charge is 2.55. The van der Waals surface area contributed by atoms with Gasteiger partial charge in [0.05, 0.1) is 10.7 Å². The standard InChI is InChI=1S/C12H12ClN3O2.C12H13N3O2/c1-16-11(18)15-10(17)12(16)4-6-2-8(13)9(14)3-7(6)5-12;1-15-11(17)14-10(16)12(15)5-7-2-3-9(13)4-8(7)6-12/h2-3H,4-5,14H2,1H3,(H,15,17,18);2-4H,5-6,13H2,1H3,(H,14,16,17)/t2*12-/m11/s1. The van der Waals surface area contributed by atoms with E-state index in [-0.39, 0.29) is 23.9 Å². The highest BCUT2D eigenvalue weighted by atomic mass is 35.5. The fourth-order valence-electron chi connectivity index (χ4n) is 5.46. The summed E-state index contributed by atoms with van der Waals surface area (Å²) in [4.78, 5) is 50.1. The maximum atomic E-state index is 12.0. The Hall–Kier alpha value is -3.79. The maximum absolute atomic E-state index is 12.0. The number of hydrogen-bond donors (Lipinski definition) is 4. The topological polar surface area (TPSA) is 151 Å². The smallest absolute Gasteiger partial charge is 0.324 e. The molecule has 2 atom stereocenters. The molecule has 2 aromatic rings. The molecule has 2 aliphatic carbocycles. The van der Waals surface area contributed by atoms with Gasteiger partial charge in [-0.3, -0.25) is 20.2 Å². The molecule has 6 rings (SSSR count). The minimum absolute atomic E-state index is 0.209. The lowest BCUT2D eigenvalue weighted by atomic mass is 9.95. The van der Waals surface area contributed by atoms with Gasteiger partial charge in [-0.25, -0.2) is 9.59 Å². The van der Waals surface area contributed by atoms with Crippen LogP contribution in [0.5, 0.6) is 0 Å². The number of amides is 6. The summed E-state index contributed by atoms with van der Waals surface area (Å²) >= 11 is 5.98. The number of carbonyl (C=O) groups is 4. The number of nitrogens with two attached hydrogens (primary N) is 2. The number of imide groups is 2. The van der Waals surface area contributed by atoms with Crippen LogP contribution in [-0.2, 0) is 35.3 Å². The van der Waals surface area contributed by atoms with Crippen molar-refractivity contribution in [2.24, 2.45) is 0 Å². The zero-order valence-electron chi connectivity index (χ0n) is 19.3. The van der Waals surface area contributed by atoms with E-state index in [9.17, 15) is 19.2 Å². The molecule has 4 aliphatic rings. The Morgan fingerprint density at radius 1 is 0.743 bits per heavy atom. The maximum Gasteiger partial charge on any atom is 0.324 e. The van der Waals surface area contributed by atoms with Crippen LogP contribution in [0.2, 0.25) is 5.02 Å². The average Bonchev–Trinajstić information content (AvgIpc) is 3.47. The van der Waals surface area contributed by atoms with E-state index in [1.165, 1.54) is 9.80 Å². The lowest BCUT2D eigenvalue weighted by Gasteiger charge is -2.27. The van der Waals surface area contributed by atoms with Crippen LogP contribution >= 0.6 is 11.6 Å². The van der Waals surface area contributed by atoms with E-state index in [0.29, 0.717) is 42.1 Å². The monoisotopic (exact) mass is 496 g/mol. The van der Waals surface area contributed by atoms with Gasteiger partial charge < -0.3 is 21.3 Å². The summed E-state index contributed by atoms with van der Waals surface area (Å²) in [5, 5.41) is 5.20. The molecule has 2 spiro atoms. The number of urea groups is 2. The number of hydrogen-bond acceptors (Lipinski definition) is 6.